The Kier molecular flexibility index (Phi) is 7.03. The molecule has 0 atom stereocenters. The molecule has 33 heavy (non-hydrogen) atoms. The van der Waals surface area contributed by atoms with E-state index in [1.54, 1.807) is 6.20 Å². The number of halogens is 2. The first-order valence-electron chi connectivity index (χ1n) is 11.6. The van der Waals surface area contributed by atoms with E-state index in [4.69, 9.17) is 21.1 Å². The maximum absolute atomic E-state index is 12.5. The Morgan fingerprint density at radius 3 is 2.85 bits per heavy atom. The predicted octanol–water partition coefficient (Wildman–Crippen LogP) is 5.47. The van der Waals surface area contributed by atoms with E-state index < -0.39 is 11.2 Å². The molecule has 0 radical (unpaired) electrons. The van der Waals surface area contributed by atoms with Crippen molar-refractivity contribution >= 4 is 44.5 Å². The third kappa shape index (κ3) is 5.66. The molecule has 0 unspecified atom stereocenters. The van der Waals surface area contributed by atoms with Crippen LogP contribution in [0.1, 0.15) is 58.4 Å². The van der Waals surface area contributed by atoms with Crippen molar-refractivity contribution < 1.29 is 19.4 Å². The summed E-state index contributed by atoms with van der Waals surface area (Å²) in [5, 5.41) is 19.6. The van der Waals surface area contributed by atoms with Crippen LogP contribution in [-0.2, 0) is 15.9 Å². The quantitative estimate of drug-likeness (QED) is 0.473. The molecule has 2 N–H and O–H groups in total. The molecule has 2 aromatic rings. The van der Waals surface area contributed by atoms with Crippen LogP contribution >= 0.6 is 27.5 Å². The summed E-state index contributed by atoms with van der Waals surface area (Å²) in [5.74, 6) is 0. The number of rotatable bonds is 6. The number of carbonyl (C=O) groups is 1. The van der Waals surface area contributed by atoms with Crippen molar-refractivity contribution in [3.05, 3.63) is 27.3 Å². The molecule has 1 aliphatic heterocycles. The van der Waals surface area contributed by atoms with Gasteiger partial charge in [0.25, 0.3) is 0 Å². The van der Waals surface area contributed by atoms with Gasteiger partial charge in [-0.3, -0.25) is 5.10 Å². The van der Waals surface area contributed by atoms with Crippen LogP contribution in [0.5, 0.6) is 0 Å². The summed E-state index contributed by atoms with van der Waals surface area (Å²) in [6.07, 6.45) is 6.19. The van der Waals surface area contributed by atoms with Gasteiger partial charge in [0.15, 0.2) is 0 Å². The van der Waals surface area contributed by atoms with Crippen LogP contribution in [0.4, 0.5) is 4.79 Å². The summed E-state index contributed by atoms with van der Waals surface area (Å²) in [5.41, 5.74) is 0.679. The average Bonchev–Trinajstić information content (AvgIpc) is 3.16. The molecule has 9 heteroatoms. The lowest BCUT2D eigenvalue weighted by Gasteiger charge is -2.57. The number of hydrogen-bond acceptors (Lipinski definition) is 5. The zero-order valence-electron chi connectivity index (χ0n) is 19.5. The van der Waals surface area contributed by atoms with Crippen LogP contribution in [0.3, 0.4) is 0 Å². The molecule has 2 heterocycles. The van der Waals surface area contributed by atoms with Gasteiger partial charge in [0.2, 0.25) is 0 Å². The Hall–Kier alpha value is -1.35. The summed E-state index contributed by atoms with van der Waals surface area (Å²) in [4.78, 5) is 14.3. The molecular formula is C24H33BrClN3O4. The largest absolute Gasteiger partial charge is 0.444 e. The second-order valence-electron chi connectivity index (χ2n) is 10.7. The van der Waals surface area contributed by atoms with Crippen molar-refractivity contribution in [1.29, 1.82) is 0 Å². The smallest absolute Gasteiger partial charge is 0.410 e. The maximum Gasteiger partial charge on any atom is 0.410 e. The van der Waals surface area contributed by atoms with Gasteiger partial charge < -0.3 is 19.5 Å². The fourth-order valence-electron chi connectivity index (χ4n) is 5.33. The number of benzene rings is 1. The highest BCUT2D eigenvalue weighted by Crippen LogP contribution is 2.54. The van der Waals surface area contributed by atoms with E-state index in [0.29, 0.717) is 50.5 Å². The minimum atomic E-state index is -0.717. The molecule has 1 saturated carbocycles. The Balaban J connectivity index is 1.22. The number of carbonyl (C=O) groups excluding carboxylic acids is 1. The molecule has 2 fully saturated rings. The number of nitrogens with one attached hydrogen (secondary N) is 1. The number of fused-ring (bicyclic) bond motifs is 1. The minimum Gasteiger partial charge on any atom is -0.444 e. The molecule has 0 bridgehead atoms. The number of ether oxygens (including phenoxy) is 2. The van der Waals surface area contributed by atoms with Gasteiger partial charge in [0.1, 0.15) is 5.60 Å². The van der Waals surface area contributed by atoms with Crippen molar-refractivity contribution in [2.45, 2.75) is 70.5 Å². The lowest BCUT2D eigenvalue weighted by Crippen LogP contribution is -2.60. The van der Waals surface area contributed by atoms with Gasteiger partial charge in [-0.1, -0.05) is 11.6 Å². The van der Waals surface area contributed by atoms with Crippen LogP contribution < -0.4 is 0 Å². The van der Waals surface area contributed by atoms with E-state index in [1.807, 2.05) is 31.7 Å². The molecule has 1 saturated heterocycles. The highest BCUT2D eigenvalue weighted by Gasteiger charge is 2.55. The summed E-state index contributed by atoms with van der Waals surface area (Å²) < 4.78 is 12.3. The molecule has 182 valence electrons. The van der Waals surface area contributed by atoms with Crippen molar-refractivity contribution in [2.24, 2.45) is 5.41 Å². The zero-order valence-corrected chi connectivity index (χ0v) is 21.9. The number of aliphatic hydroxyl groups is 1. The van der Waals surface area contributed by atoms with Crippen LogP contribution in [-0.4, -0.2) is 63.8 Å². The van der Waals surface area contributed by atoms with E-state index in [1.165, 1.54) is 0 Å². The Labute approximate surface area is 208 Å². The second-order valence-corrected chi connectivity index (χ2v) is 11.9. The highest BCUT2D eigenvalue weighted by molar-refractivity contribution is 9.10. The lowest BCUT2D eigenvalue weighted by molar-refractivity contribution is -0.161. The third-order valence-electron chi connectivity index (χ3n) is 6.66. The third-order valence-corrected chi connectivity index (χ3v) is 7.90. The Morgan fingerprint density at radius 1 is 1.36 bits per heavy atom. The molecule has 1 spiro atoms. The SMILES string of the molecule is CC(C)(C)OC(=O)N1CCCC2(C1)CC(O)(CCOCCc1c(Cl)cc3[nH]ncc3c1Br)C2. The van der Waals surface area contributed by atoms with E-state index in [0.717, 1.165) is 40.3 Å². The van der Waals surface area contributed by atoms with Crippen LogP contribution in [0.2, 0.25) is 5.02 Å². The van der Waals surface area contributed by atoms with E-state index in [2.05, 4.69) is 26.1 Å². The van der Waals surface area contributed by atoms with Gasteiger partial charge in [-0.2, -0.15) is 5.10 Å². The van der Waals surface area contributed by atoms with Gasteiger partial charge >= 0.3 is 6.09 Å². The lowest BCUT2D eigenvalue weighted by atomic mass is 9.55. The van der Waals surface area contributed by atoms with Gasteiger partial charge in [0.05, 0.1) is 23.9 Å². The van der Waals surface area contributed by atoms with E-state index in [-0.39, 0.29) is 11.5 Å². The van der Waals surface area contributed by atoms with Crippen LogP contribution in [0.25, 0.3) is 10.9 Å². The molecular weight excluding hydrogens is 510 g/mol. The van der Waals surface area contributed by atoms with Crippen molar-refractivity contribution in [3.8, 4) is 0 Å². The normalized spacial score (nSPS) is 25.5. The first-order chi connectivity index (χ1) is 15.5. The number of aromatic nitrogens is 2. The standard InChI is InChI=1S/C24H33BrClN3O4/c1-22(2,3)33-21(30)29-8-4-6-23(15-29)13-24(31,14-23)7-10-32-9-5-16-18(26)11-19-17(20(16)25)12-27-28-19/h11-12,31H,4-10,13-15H2,1-3H3,(H,27,28). The molecule has 1 aromatic carbocycles. The molecule has 7 nitrogen and oxygen atoms in total. The van der Waals surface area contributed by atoms with Crippen LogP contribution in [0.15, 0.2) is 16.7 Å². The summed E-state index contributed by atoms with van der Waals surface area (Å²) in [7, 11) is 0. The average molecular weight is 543 g/mol. The number of piperidine rings is 1. The van der Waals surface area contributed by atoms with Gasteiger partial charge in [-0.25, -0.2) is 4.79 Å². The van der Waals surface area contributed by atoms with Crippen LogP contribution in [0, 0.1) is 5.41 Å². The zero-order chi connectivity index (χ0) is 23.9. The number of nitrogens with zero attached hydrogens (tertiary/aromatic N) is 2. The summed E-state index contributed by atoms with van der Waals surface area (Å²) in [6, 6.07) is 1.88. The molecule has 4 rings (SSSR count). The topological polar surface area (TPSA) is 87.7 Å². The van der Waals surface area contributed by atoms with Gasteiger partial charge in [-0.15, -0.1) is 0 Å². The van der Waals surface area contributed by atoms with Crippen molar-refractivity contribution in [1.82, 2.24) is 15.1 Å². The first kappa shape index (κ1) is 24.8. The minimum absolute atomic E-state index is 0.00228. The predicted molar refractivity (Wildman–Crippen MR) is 132 cm³/mol. The molecule has 1 aliphatic carbocycles. The number of aromatic amines is 1. The highest BCUT2D eigenvalue weighted by atomic mass is 79.9. The van der Waals surface area contributed by atoms with Gasteiger partial charge in [-0.05, 0) is 92.3 Å². The first-order valence-corrected chi connectivity index (χ1v) is 12.7. The summed E-state index contributed by atoms with van der Waals surface area (Å²) >= 11 is 10.1. The molecule has 1 aromatic heterocycles. The Bertz CT molecular complexity index is 1010. The fourth-order valence-corrected chi connectivity index (χ4v) is 6.47. The number of H-pyrrole nitrogens is 1. The number of likely N-dealkylation sites (tertiary alicyclic amines) is 1. The van der Waals surface area contributed by atoms with Crippen molar-refractivity contribution in [2.75, 3.05) is 26.3 Å². The Morgan fingerprint density at radius 2 is 2.12 bits per heavy atom. The van der Waals surface area contributed by atoms with Crippen molar-refractivity contribution in [3.63, 3.8) is 0 Å². The molecule has 2 aliphatic rings. The van der Waals surface area contributed by atoms with Gasteiger partial charge in [0, 0.05) is 34.6 Å². The number of hydrogen-bond donors (Lipinski definition) is 2. The number of amides is 1. The van der Waals surface area contributed by atoms with E-state index in [9.17, 15) is 9.90 Å². The maximum atomic E-state index is 12.5. The summed E-state index contributed by atoms with van der Waals surface area (Å²) in [6.45, 7) is 8.05. The molecule has 1 amide bonds. The van der Waals surface area contributed by atoms with E-state index >= 15 is 0 Å². The fraction of sp³-hybridized carbons (Fsp3) is 0.667. The second kappa shape index (κ2) is 9.36. The monoisotopic (exact) mass is 541 g/mol.